The van der Waals surface area contributed by atoms with Crippen LogP contribution in [0.3, 0.4) is 0 Å². The molecule has 89 heavy (non-hydrogen) atoms. The third kappa shape index (κ3) is 15.1. The highest BCUT2D eigenvalue weighted by atomic mass is 79.9. The average molecular weight is 1300 g/mol. The first-order valence-corrected chi connectivity index (χ1v) is 31.1. The molecule has 0 bridgehead atoms. The molecule has 20 nitrogen and oxygen atoms in total. The van der Waals surface area contributed by atoms with Gasteiger partial charge in [0.2, 0.25) is 5.28 Å². The fourth-order valence-corrected chi connectivity index (χ4v) is 12.6. The molecule has 5 aromatic heterocycles. The Bertz CT molecular complexity index is 3810. The normalized spacial score (nSPS) is 17.7. The molecule has 0 spiro atoms. The van der Waals surface area contributed by atoms with Gasteiger partial charge in [0.25, 0.3) is 0 Å². The van der Waals surface area contributed by atoms with Crippen LogP contribution >= 0.6 is 27.5 Å². The summed E-state index contributed by atoms with van der Waals surface area (Å²) in [5.41, 5.74) is 15.3. The molecule has 0 N–H and O–H groups in total. The molecule has 4 aliphatic rings. The summed E-state index contributed by atoms with van der Waals surface area (Å²) in [7, 11) is 7.75. The Kier molecular flexibility index (Phi) is 21.9. The van der Waals surface area contributed by atoms with Gasteiger partial charge >= 0.3 is 11.9 Å². The first-order valence-electron chi connectivity index (χ1n) is 30.0. The minimum atomic E-state index is -0.454. The highest BCUT2D eigenvalue weighted by molar-refractivity contribution is 9.10. The Morgan fingerprint density at radius 1 is 0.461 bits per heavy atom. The standard InChI is InChI=1S/C23H27N3O2.C18H22N2O4.C16H19BrN2O2.C10H13ClN2O3/c1-14-10-18(6-7-21(14)27-5)23-25-22(19-11-15(2)24-16(3)12-19)20-8-9-28-17(4)13-26(20)23;1-11-9-13(5-6-15(11)22-3)17-19-16(18(21)23-4)14-7-8-24-12(2)10-20(14)17;1-10-8-12(4-5-14(10)20-3)16-18-15(17)13-6-7-21-11(2)9-19(13)16;1-6-5-13-7(3-4-16-6)8(9(14)15-2)12-10(13)11/h6-7,10-12,17H,8-9,13H2,1-5H3;5-6,9,12H,7-8,10H2,1-4H3;4-5,8,11H,6-7,9H2,1-3H3;6H,3-5H2,1-2H3/t17-;12-;11-;6-/m1111/s1. The number of halogens is 2. The van der Waals surface area contributed by atoms with Gasteiger partial charge in [-0.3, -0.25) is 4.98 Å². The van der Waals surface area contributed by atoms with Gasteiger partial charge in [-0.2, -0.15) is 0 Å². The lowest BCUT2D eigenvalue weighted by Gasteiger charge is -2.13. The average Bonchev–Trinajstić information content (AvgIpc) is 1.88. The molecular formula is C67H81BrClN9O11. The summed E-state index contributed by atoms with van der Waals surface area (Å²) in [6, 6.07) is 22.6. The topological polar surface area (TPSA) is 201 Å². The summed E-state index contributed by atoms with van der Waals surface area (Å²) in [4.78, 5) is 46.6. The molecule has 0 fully saturated rings. The summed E-state index contributed by atoms with van der Waals surface area (Å²) in [5.74, 6) is 4.48. The number of aryl methyl sites for hydroxylation is 5. The number of hydrogen-bond donors (Lipinski definition) is 0. The minimum absolute atomic E-state index is 0.0593. The van der Waals surface area contributed by atoms with Crippen molar-refractivity contribution in [3.63, 3.8) is 0 Å². The smallest absolute Gasteiger partial charge is 0.358 e. The lowest BCUT2D eigenvalue weighted by molar-refractivity contribution is 0.0581. The number of esters is 2. The second-order valence-electron chi connectivity index (χ2n) is 22.7. The molecule has 12 rings (SSSR count). The maximum atomic E-state index is 12.1. The van der Waals surface area contributed by atoms with Gasteiger partial charge in [-0.05, 0) is 173 Å². The SMILES string of the molecule is COC(=O)c1nc(-c2ccc(OC)c(C)c2)n2c1CCO[C@H](C)C2.COC(=O)c1nc(Cl)n2c1CCO[C@H](C)C2.COc1ccc(-c2nc(-c3cc(C)nc(C)c3)c3n2C[C@@H](C)OCC3)cc1C.COc1ccc(-c2nc(Br)c3n2C[C@@H](C)OCC3)cc1C. The first-order chi connectivity index (χ1) is 42.7. The number of pyridine rings is 1. The molecule has 0 saturated carbocycles. The summed E-state index contributed by atoms with van der Waals surface area (Å²) in [6.45, 7) is 23.9. The maximum Gasteiger partial charge on any atom is 0.358 e. The minimum Gasteiger partial charge on any atom is -0.496 e. The van der Waals surface area contributed by atoms with E-state index in [9.17, 15) is 9.59 Å². The van der Waals surface area contributed by atoms with Crippen molar-refractivity contribution in [1.29, 1.82) is 0 Å². The van der Waals surface area contributed by atoms with Crippen molar-refractivity contribution in [1.82, 2.24) is 43.2 Å². The highest BCUT2D eigenvalue weighted by Gasteiger charge is 2.30. The Labute approximate surface area is 534 Å². The van der Waals surface area contributed by atoms with Gasteiger partial charge in [-0.25, -0.2) is 29.5 Å². The van der Waals surface area contributed by atoms with Crippen LogP contribution in [0.15, 0.2) is 71.3 Å². The van der Waals surface area contributed by atoms with Crippen LogP contribution < -0.4 is 14.2 Å². The van der Waals surface area contributed by atoms with E-state index < -0.39 is 11.9 Å². The molecule has 9 heterocycles. The van der Waals surface area contributed by atoms with Gasteiger partial charge in [-0.15, -0.1) is 0 Å². The van der Waals surface area contributed by atoms with Gasteiger partial charge in [0.15, 0.2) is 11.4 Å². The Morgan fingerprint density at radius 2 is 0.820 bits per heavy atom. The van der Waals surface area contributed by atoms with E-state index in [1.54, 1.807) is 21.3 Å². The summed E-state index contributed by atoms with van der Waals surface area (Å²) in [6.07, 6.45) is 3.47. The summed E-state index contributed by atoms with van der Waals surface area (Å²) >= 11 is 9.58. The molecule has 8 aromatic rings. The van der Waals surface area contributed by atoms with Crippen LogP contribution in [0.4, 0.5) is 0 Å². The zero-order valence-electron chi connectivity index (χ0n) is 53.4. The number of benzene rings is 3. The summed E-state index contributed by atoms with van der Waals surface area (Å²) in [5, 5.41) is 0.313. The van der Waals surface area contributed by atoms with E-state index in [1.807, 2.05) is 69.5 Å². The fourth-order valence-electron chi connectivity index (χ4n) is 11.8. The highest BCUT2D eigenvalue weighted by Crippen LogP contribution is 2.36. The third-order valence-corrected chi connectivity index (χ3v) is 16.9. The number of fused-ring (bicyclic) bond motifs is 4. The van der Waals surface area contributed by atoms with Crippen LogP contribution in [0, 0.1) is 34.6 Å². The van der Waals surface area contributed by atoms with Crippen molar-refractivity contribution in [2.45, 2.75) is 139 Å². The Balaban J connectivity index is 0.000000143. The number of imidazole rings is 4. The van der Waals surface area contributed by atoms with Crippen molar-refractivity contribution >= 4 is 39.5 Å². The molecule has 0 unspecified atom stereocenters. The molecule has 3 aromatic carbocycles. The number of nitrogens with zero attached hydrogens (tertiary/aromatic N) is 9. The molecular weight excluding hydrogens is 1220 g/mol. The van der Waals surface area contributed by atoms with Gasteiger partial charge in [-0.1, -0.05) is 0 Å². The number of carbonyl (C=O) groups is 2. The van der Waals surface area contributed by atoms with Gasteiger partial charge in [0, 0.05) is 65.0 Å². The molecule has 4 aliphatic heterocycles. The van der Waals surface area contributed by atoms with Crippen molar-refractivity contribution in [2.24, 2.45) is 0 Å². The number of carbonyl (C=O) groups excluding carboxylic acids is 2. The van der Waals surface area contributed by atoms with E-state index in [2.05, 4.69) is 113 Å². The van der Waals surface area contributed by atoms with E-state index in [0.29, 0.717) is 62.4 Å². The van der Waals surface area contributed by atoms with E-state index in [-0.39, 0.29) is 24.4 Å². The van der Waals surface area contributed by atoms with Crippen molar-refractivity contribution in [3.05, 3.63) is 139 Å². The van der Waals surface area contributed by atoms with E-state index >= 15 is 0 Å². The van der Waals surface area contributed by atoms with Crippen LogP contribution in [-0.4, -0.2) is 142 Å². The predicted molar refractivity (Wildman–Crippen MR) is 344 cm³/mol. The molecule has 0 amide bonds. The molecule has 22 heteroatoms. The lowest BCUT2D eigenvalue weighted by Crippen LogP contribution is -2.15. The third-order valence-electron chi connectivity index (χ3n) is 16.0. The number of ether oxygens (including phenoxy) is 9. The Hall–Kier alpha value is -7.40. The second kappa shape index (κ2) is 29.5. The quantitative estimate of drug-likeness (QED) is 0.123. The van der Waals surface area contributed by atoms with Crippen LogP contribution in [-0.2, 0) is 80.3 Å². The van der Waals surface area contributed by atoms with Crippen molar-refractivity contribution in [3.8, 4) is 62.7 Å². The first kappa shape index (κ1) is 66.0. The van der Waals surface area contributed by atoms with Crippen molar-refractivity contribution in [2.75, 3.05) is 62.0 Å². The number of aromatic nitrogens is 9. The largest absolute Gasteiger partial charge is 0.496 e. The van der Waals surface area contributed by atoms with E-state index in [4.69, 9.17) is 59.5 Å². The maximum absolute atomic E-state index is 12.1. The van der Waals surface area contributed by atoms with Crippen LogP contribution in [0.5, 0.6) is 17.2 Å². The molecule has 474 valence electrons. The van der Waals surface area contributed by atoms with Gasteiger partial charge < -0.3 is 60.9 Å². The van der Waals surface area contributed by atoms with Crippen LogP contribution in [0.25, 0.3) is 45.4 Å². The second-order valence-corrected chi connectivity index (χ2v) is 23.7. The van der Waals surface area contributed by atoms with Crippen molar-refractivity contribution < 1.29 is 52.2 Å². The van der Waals surface area contributed by atoms with Crippen LogP contribution in [0.2, 0.25) is 5.28 Å². The van der Waals surface area contributed by atoms with Gasteiger partial charge in [0.1, 0.15) is 39.3 Å². The Morgan fingerprint density at radius 3 is 1.25 bits per heavy atom. The monoisotopic (exact) mass is 1300 g/mol. The molecule has 0 saturated heterocycles. The number of methoxy groups -OCH3 is 5. The van der Waals surface area contributed by atoms with Gasteiger partial charge in [0.05, 0.1) is 135 Å². The molecule has 0 radical (unpaired) electrons. The lowest BCUT2D eigenvalue weighted by atomic mass is 10.1. The number of hydrogen-bond acceptors (Lipinski definition) is 16. The fraction of sp³-hybridized carbons (Fsp3) is 0.448. The zero-order chi connectivity index (χ0) is 63.8. The van der Waals surface area contributed by atoms with E-state index in [1.165, 1.54) is 25.6 Å². The van der Waals surface area contributed by atoms with Crippen LogP contribution in [0.1, 0.15) is 99.5 Å². The molecule has 0 aliphatic carbocycles. The summed E-state index contributed by atoms with van der Waals surface area (Å²) < 4.78 is 58.0. The molecule has 4 atom stereocenters. The number of rotatable bonds is 9. The zero-order valence-corrected chi connectivity index (χ0v) is 55.8. The predicted octanol–water partition coefficient (Wildman–Crippen LogP) is 12.0. The van der Waals surface area contributed by atoms with E-state index in [0.717, 1.165) is 139 Å².